The van der Waals surface area contributed by atoms with Crippen molar-refractivity contribution in [3.05, 3.63) is 42.4 Å². The Morgan fingerprint density at radius 3 is 2.50 bits per heavy atom. The van der Waals surface area contributed by atoms with Crippen LogP contribution in [-0.2, 0) is 0 Å². The number of aliphatic imine (C=N–C) groups is 2. The Labute approximate surface area is 71.7 Å². The van der Waals surface area contributed by atoms with E-state index in [1.165, 1.54) is 5.56 Å². The molecule has 12 heavy (non-hydrogen) atoms. The zero-order chi connectivity index (χ0) is 8.23. The fraction of sp³-hybridized carbons (Fsp3) is 0.100. The van der Waals surface area contributed by atoms with Gasteiger partial charge in [0.25, 0.3) is 0 Å². The molecule has 0 spiro atoms. The van der Waals surface area contributed by atoms with Crippen LogP contribution in [0, 0.1) is 6.54 Å². The molecule has 1 unspecified atom stereocenters. The molecule has 0 aromatic heterocycles. The van der Waals surface area contributed by atoms with E-state index in [2.05, 4.69) is 22.1 Å². The quantitative estimate of drug-likeness (QED) is 0.596. The maximum absolute atomic E-state index is 4.27. The highest BCUT2D eigenvalue weighted by Crippen LogP contribution is 2.20. The monoisotopic (exact) mass is 157 g/mol. The number of hydrogen-bond acceptors (Lipinski definition) is 2. The zero-order valence-corrected chi connectivity index (χ0v) is 6.59. The molecular weight excluding hydrogens is 148 g/mol. The van der Waals surface area contributed by atoms with Crippen LogP contribution in [0.4, 0.5) is 0 Å². The molecule has 1 aliphatic heterocycles. The summed E-state index contributed by atoms with van der Waals surface area (Å²) in [7, 11) is 0. The van der Waals surface area contributed by atoms with Crippen LogP contribution in [0.25, 0.3) is 0 Å². The highest BCUT2D eigenvalue weighted by molar-refractivity contribution is 6.16. The van der Waals surface area contributed by atoms with Crippen molar-refractivity contribution in [1.29, 1.82) is 0 Å². The lowest BCUT2D eigenvalue weighted by Gasteiger charge is -2.10. The Morgan fingerprint density at radius 1 is 1.00 bits per heavy atom. The largest absolute Gasteiger partial charge is 0.283 e. The molecular formula is C10H9N2. The first-order valence-corrected chi connectivity index (χ1v) is 3.90. The smallest absolute Gasteiger partial charge is 0.101 e. The van der Waals surface area contributed by atoms with Crippen molar-refractivity contribution >= 4 is 12.4 Å². The SMILES string of the molecule is [CH]1N=CC=NC1c1ccccc1. The molecule has 1 aliphatic rings. The Hall–Kier alpha value is -1.44. The molecule has 1 radical (unpaired) electrons. The van der Waals surface area contributed by atoms with Gasteiger partial charge in [-0.3, -0.25) is 9.98 Å². The summed E-state index contributed by atoms with van der Waals surface area (Å²) in [6.45, 7) is 1.84. The second-order valence-corrected chi connectivity index (χ2v) is 2.60. The van der Waals surface area contributed by atoms with Gasteiger partial charge in [0, 0.05) is 12.4 Å². The van der Waals surface area contributed by atoms with Gasteiger partial charge < -0.3 is 0 Å². The number of nitrogens with zero attached hydrogens (tertiary/aromatic N) is 2. The van der Waals surface area contributed by atoms with Crippen molar-refractivity contribution in [2.45, 2.75) is 6.04 Å². The first-order valence-electron chi connectivity index (χ1n) is 3.90. The number of hydrogen-bond donors (Lipinski definition) is 0. The van der Waals surface area contributed by atoms with Crippen molar-refractivity contribution in [3.63, 3.8) is 0 Å². The number of benzene rings is 1. The molecule has 2 nitrogen and oxygen atoms in total. The molecule has 1 heterocycles. The maximum Gasteiger partial charge on any atom is 0.101 e. The first-order chi connectivity index (χ1) is 5.97. The Kier molecular flexibility index (Phi) is 1.99. The van der Waals surface area contributed by atoms with E-state index < -0.39 is 0 Å². The van der Waals surface area contributed by atoms with Crippen molar-refractivity contribution in [3.8, 4) is 0 Å². The maximum atomic E-state index is 4.27. The van der Waals surface area contributed by atoms with Gasteiger partial charge in [0.2, 0.25) is 0 Å². The molecule has 1 aromatic carbocycles. The van der Waals surface area contributed by atoms with Crippen molar-refractivity contribution < 1.29 is 0 Å². The molecule has 0 N–H and O–H groups in total. The third kappa shape index (κ3) is 1.42. The molecule has 0 saturated carbocycles. The molecule has 0 amide bonds. The minimum Gasteiger partial charge on any atom is -0.283 e. The summed E-state index contributed by atoms with van der Waals surface area (Å²) in [5, 5.41) is 0. The minimum absolute atomic E-state index is 0.108. The third-order valence-electron chi connectivity index (χ3n) is 1.77. The average molecular weight is 157 g/mol. The van der Waals surface area contributed by atoms with E-state index in [9.17, 15) is 0 Å². The van der Waals surface area contributed by atoms with Crippen molar-refractivity contribution in [2.24, 2.45) is 9.98 Å². The molecule has 0 fully saturated rings. The van der Waals surface area contributed by atoms with Gasteiger partial charge in [-0.05, 0) is 5.56 Å². The van der Waals surface area contributed by atoms with E-state index in [0.717, 1.165) is 0 Å². The Balaban J connectivity index is 2.21. The van der Waals surface area contributed by atoms with Gasteiger partial charge in [-0.1, -0.05) is 30.3 Å². The molecule has 1 aromatic rings. The lowest BCUT2D eigenvalue weighted by molar-refractivity contribution is 0.829. The van der Waals surface area contributed by atoms with Crippen molar-refractivity contribution in [2.75, 3.05) is 0 Å². The summed E-state index contributed by atoms with van der Waals surface area (Å²) in [5.41, 5.74) is 1.19. The highest BCUT2D eigenvalue weighted by Gasteiger charge is 2.09. The normalized spacial score (nSPS) is 21.2. The van der Waals surface area contributed by atoms with Crippen LogP contribution in [0.5, 0.6) is 0 Å². The van der Waals surface area contributed by atoms with E-state index in [1.54, 1.807) is 12.4 Å². The van der Waals surface area contributed by atoms with E-state index in [1.807, 2.05) is 24.7 Å². The third-order valence-corrected chi connectivity index (χ3v) is 1.77. The fourth-order valence-corrected chi connectivity index (χ4v) is 1.16. The predicted octanol–water partition coefficient (Wildman–Crippen LogP) is 2.04. The zero-order valence-electron chi connectivity index (χ0n) is 6.59. The fourth-order valence-electron chi connectivity index (χ4n) is 1.16. The summed E-state index contributed by atoms with van der Waals surface area (Å²) < 4.78 is 0. The molecule has 2 heteroatoms. The second-order valence-electron chi connectivity index (χ2n) is 2.60. The van der Waals surface area contributed by atoms with Gasteiger partial charge in [-0.2, -0.15) is 0 Å². The van der Waals surface area contributed by atoms with Gasteiger partial charge >= 0.3 is 0 Å². The standard InChI is InChI=1S/C10H9N2/c1-2-4-9(5-3-1)10-8-11-6-7-12-10/h1-8,10H. The second kappa shape index (κ2) is 3.30. The summed E-state index contributed by atoms with van der Waals surface area (Å²) in [5.74, 6) is 0. The predicted molar refractivity (Wildman–Crippen MR) is 50.5 cm³/mol. The Bertz CT molecular complexity index is 301. The van der Waals surface area contributed by atoms with Crippen LogP contribution in [-0.4, -0.2) is 12.4 Å². The van der Waals surface area contributed by atoms with Crippen LogP contribution < -0.4 is 0 Å². The number of rotatable bonds is 1. The van der Waals surface area contributed by atoms with E-state index in [0.29, 0.717) is 0 Å². The van der Waals surface area contributed by atoms with Gasteiger partial charge in [-0.15, -0.1) is 0 Å². The average Bonchev–Trinajstić information content (AvgIpc) is 2.21. The van der Waals surface area contributed by atoms with Crippen LogP contribution in [0.3, 0.4) is 0 Å². The van der Waals surface area contributed by atoms with E-state index in [-0.39, 0.29) is 6.04 Å². The van der Waals surface area contributed by atoms with Gasteiger partial charge in [0.1, 0.15) is 6.54 Å². The summed E-state index contributed by atoms with van der Waals surface area (Å²) >= 11 is 0. The van der Waals surface area contributed by atoms with Crippen LogP contribution >= 0.6 is 0 Å². The van der Waals surface area contributed by atoms with Crippen LogP contribution in [0.1, 0.15) is 11.6 Å². The first kappa shape index (κ1) is 7.22. The summed E-state index contributed by atoms with van der Waals surface area (Å²) in [6.07, 6.45) is 3.43. The lowest BCUT2D eigenvalue weighted by Crippen LogP contribution is -2.00. The minimum atomic E-state index is 0.108. The van der Waals surface area contributed by atoms with Gasteiger partial charge in [-0.25, -0.2) is 0 Å². The molecule has 0 aliphatic carbocycles. The summed E-state index contributed by atoms with van der Waals surface area (Å²) in [4.78, 5) is 8.31. The molecule has 0 saturated heterocycles. The van der Waals surface area contributed by atoms with E-state index >= 15 is 0 Å². The Morgan fingerprint density at radius 2 is 1.83 bits per heavy atom. The molecule has 0 bridgehead atoms. The van der Waals surface area contributed by atoms with Gasteiger partial charge in [0.15, 0.2) is 0 Å². The van der Waals surface area contributed by atoms with Crippen LogP contribution in [0.15, 0.2) is 40.3 Å². The molecule has 59 valence electrons. The summed E-state index contributed by atoms with van der Waals surface area (Å²) in [6, 6.07) is 10.2. The topological polar surface area (TPSA) is 24.7 Å². The van der Waals surface area contributed by atoms with Crippen LogP contribution in [0.2, 0.25) is 0 Å². The highest BCUT2D eigenvalue weighted by atomic mass is 14.9. The van der Waals surface area contributed by atoms with Gasteiger partial charge in [0.05, 0.1) is 6.04 Å². The van der Waals surface area contributed by atoms with Crippen molar-refractivity contribution in [1.82, 2.24) is 0 Å². The molecule has 1 atom stereocenters. The lowest BCUT2D eigenvalue weighted by atomic mass is 10.1. The van der Waals surface area contributed by atoms with E-state index in [4.69, 9.17) is 0 Å². The molecule has 2 rings (SSSR count).